The molecule has 2 nitrogen and oxygen atoms in total. The van der Waals surface area contributed by atoms with Gasteiger partial charge >= 0.3 is 49.4 Å². The first-order valence-electron chi connectivity index (χ1n) is 24.0. The van der Waals surface area contributed by atoms with E-state index in [0.29, 0.717) is 0 Å². The van der Waals surface area contributed by atoms with Crippen molar-refractivity contribution in [3.8, 4) is 11.3 Å². The largest absolute Gasteiger partial charge is 0.416 e. The molecule has 0 spiro atoms. The first-order valence-corrected chi connectivity index (χ1v) is 24.0. The predicted octanol–water partition coefficient (Wildman–Crippen LogP) is 16.3. The SMILES string of the molecule is FC(F)(F)c1cc([B-](c2cc(C(F)(F)F)cc(C(F)(F)F)c2)(c2cc(C(F)(F)F)cc(C(F)(F)F)c2)c2cc(C(F)(F)F)cc(C(F)(F)F)c2)cc(C(F)(F)F)c1.c1ccc(C[n+]2ccncc2-c2ccc(C3CCCCC3)cc2)cc1. The van der Waals surface area contributed by atoms with Gasteiger partial charge in [0.1, 0.15) is 6.15 Å². The van der Waals surface area contributed by atoms with Crippen LogP contribution in [0.25, 0.3) is 11.3 Å². The fraction of sp³-hybridized carbons (Fsp3) is 0.273. The van der Waals surface area contributed by atoms with E-state index in [4.69, 9.17) is 0 Å². The zero-order valence-corrected chi connectivity index (χ0v) is 41.2. The van der Waals surface area contributed by atoms with Crippen LogP contribution in [0.4, 0.5) is 105 Å². The zero-order chi connectivity index (χ0) is 60.8. The molecule has 0 bridgehead atoms. The van der Waals surface area contributed by atoms with Crippen LogP contribution >= 0.6 is 0 Å². The summed E-state index contributed by atoms with van der Waals surface area (Å²) in [5.74, 6) is 0.758. The Hall–Kier alpha value is -7.22. The van der Waals surface area contributed by atoms with Gasteiger partial charge in [-0.05, 0) is 60.7 Å². The number of hydrogen-bond acceptors (Lipinski definition) is 1. The molecule has 0 amide bonds. The van der Waals surface area contributed by atoms with E-state index < -0.39 is 195 Å². The third-order valence-corrected chi connectivity index (χ3v) is 13.8. The molecule has 0 saturated heterocycles. The molecule has 1 aliphatic rings. The van der Waals surface area contributed by atoms with Crippen LogP contribution < -0.4 is 26.4 Å². The lowest BCUT2D eigenvalue weighted by atomic mass is 9.12. The highest BCUT2D eigenvalue weighted by Crippen LogP contribution is 2.42. The van der Waals surface area contributed by atoms with E-state index >= 15 is 0 Å². The van der Waals surface area contributed by atoms with E-state index in [-0.39, 0.29) is 0 Å². The van der Waals surface area contributed by atoms with Crippen LogP contribution in [0.3, 0.4) is 0 Å². The summed E-state index contributed by atoms with van der Waals surface area (Å²) in [6.45, 7) is 0.864. The van der Waals surface area contributed by atoms with Gasteiger partial charge < -0.3 is 0 Å². The van der Waals surface area contributed by atoms with Crippen molar-refractivity contribution >= 4 is 28.0 Å². The van der Waals surface area contributed by atoms with Gasteiger partial charge in [0, 0.05) is 11.1 Å². The topological polar surface area (TPSA) is 16.8 Å². The molecule has 1 heterocycles. The molecule has 1 saturated carbocycles. The van der Waals surface area contributed by atoms with Crippen LogP contribution in [0.15, 0.2) is 146 Å². The van der Waals surface area contributed by atoms with E-state index in [9.17, 15) is 105 Å². The second-order valence-corrected chi connectivity index (χ2v) is 19.3. The maximum atomic E-state index is 14.2. The van der Waals surface area contributed by atoms with Gasteiger partial charge in [-0.2, -0.15) is 132 Å². The quantitative estimate of drug-likeness (QED) is 0.0842. The van der Waals surface area contributed by atoms with Crippen molar-refractivity contribution in [2.75, 3.05) is 0 Å². The second kappa shape index (κ2) is 22.5. The lowest BCUT2D eigenvalue weighted by Gasteiger charge is -2.46. The van der Waals surface area contributed by atoms with Crippen LogP contribution in [0.2, 0.25) is 0 Å². The van der Waals surface area contributed by atoms with Gasteiger partial charge in [0.15, 0.2) is 12.7 Å². The van der Waals surface area contributed by atoms with Crippen molar-refractivity contribution in [3.63, 3.8) is 0 Å². The Morgan fingerprint density at radius 2 is 0.683 bits per heavy atom. The van der Waals surface area contributed by atoms with Crippen molar-refractivity contribution in [3.05, 3.63) is 202 Å². The highest BCUT2D eigenvalue weighted by atomic mass is 19.4. The van der Waals surface area contributed by atoms with Crippen molar-refractivity contribution < 1.29 is 110 Å². The fourth-order valence-corrected chi connectivity index (χ4v) is 9.98. The number of alkyl halides is 24. The summed E-state index contributed by atoms with van der Waals surface area (Å²) in [6, 6.07) is 11.0. The molecule has 1 fully saturated rings. The van der Waals surface area contributed by atoms with E-state index in [1.807, 2.05) is 12.4 Å². The van der Waals surface area contributed by atoms with Crippen LogP contribution in [-0.4, -0.2) is 11.1 Å². The standard InChI is InChI=1S/C32H12BF24.C23H25N2/c34-25(35,36)13-1-14(26(37,38)39)6-21(5-13)33(22-7-15(27(40,41)42)2-16(8-22)28(43,44)45,23-9-17(29(46,47)48)3-18(10-23)30(49,50)51)24-11-19(31(52,53)54)4-20(12-24)32(55,56)57;1-3-7-19(8-4-1)18-25-16-15-24-17-23(25)22-13-11-21(12-14-22)20-9-5-2-6-10-20/h1-12H;1,3-4,7-8,11-17,20H,2,5-6,9-10,18H2/q-1;+1. The molecule has 8 rings (SSSR count). The van der Waals surface area contributed by atoms with E-state index in [2.05, 4.69) is 70.3 Å². The summed E-state index contributed by atoms with van der Waals surface area (Å²) in [5, 5.41) is 0. The highest BCUT2D eigenvalue weighted by Gasteiger charge is 2.47. The number of aromatic nitrogens is 2. The molecule has 82 heavy (non-hydrogen) atoms. The highest BCUT2D eigenvalue weighted by molar-refractivity contribution is 7.20. The Balaban J connectivity index is 0.000000318. The number of nitrogens with zero attached hydrogens (tertiary/aromatic N) is 2. The summed E-state index contributed by atoms with van der Waals surface area (Å²) in [7, 11) is 0. The smallest absolute Gasteiger partial charge is 0.252 e. The average molecular weight is 1190 g/mol. The van der Waals surface area contributed by atoms with Gasteiger partial charge in [-0.25, -0.2) is 0 Å². The van der Waals surface area contributed by atoms with Gasteiger partial charge in [0.05, 0.1) is 56.9 Å². The summed E-state index contributed by atoms with van der Waals surface area (Å²) in [4.78, 5) is 4.35. The monoisotopic (exact) mass is 1190 g/mol. The molecule has 27 heteroatoms. The Bertz CT molecular complexity index is 2920. The van der Waals surface area contributed by atoms with Gasteiger partial charge in [0.25, 0.3) is 0 Å². The molecule has 438 valence electrons. The van der Waals surface area contributed by atoms with Crippen LogP contribution in [0.1, 0.15) is 93.7 Å². The van der Waals surface area contributed by atoms with Gasteiger partial charge in [-0.15, -0.1) is 0 Å². The van der Waals surface area contributed by atoms with E-state index in [1.165, 1.54) is 54.5 Å². The van der Waals surface area contributed by atoms with Gasteiger partial charge in [-0.3, -0.25) is 4.98 Å². The van der Waals surface area contributed by atoms with Crippen LogP contribution in [0, 0.1) is 0 Å². The Kier molecular flexibility index (Phi) is 17.1. The predicted molar refractivity (Wildman–Crippen MR) is 251 cm³/mol. The third-order valence-electron chi connectivity index (χ3n) is 13.8. The molecule has 0 N–H and O–H groups in total. The molecule has 0 aliphatic heterocycles. The number of rotatable bonds is 8. The van der Waals surface area contributed by atoms with Crippen molar-refractivity contribution in [1.29, 1.82) is 0 Å². The minimum Gasteiger partial charge on any atom is -0.252 e. The van der Waals surface area contributed by atoms with E-state index in [1.54, 1.807) is 0 Å². The molecule has 1 aliphatic carbocycles. The lowest BCUT2D eigenvalue weighted by molar-refractivity contribution is -0.678. The molecule has 0 radical (unpaired) electrons. The molecule has 7 aromatic rings. The van der Waals surface area contributed by atoms with Crippen LogP contribution in [0.5, 0.6) is 0 Å². The maximum Gasteiger partial charge on any atom is 0.416 e. The lowest BCUT2D eigenvalue weighted by Crippen LogP contribution is -2.75. The minimum atomic E-state index is -6.13. The first-order chi connectivity index (χ1) is 37.7. The Labute approximate surface area is 449 Å². The van der Waals surface area contributed by atoms with Crippen molar-refractivity contribution in [2.24, 2.45) is 0 Å². The number of benzene rings is 6. The first kappa shape index (κ1) is 62.4. The summed E-state index contributed by atoms with van der Waals surface area (Å²) >= 11 is 0. The van der Waals surface area contributed by atoms with Gasteiger partial charge in [-0.1, -0.05) is 110 Å². The molecular weight excluding hydrogens is 1160 g/mol. The second-order valence-electron chi connectivity index (χ2n) is 19.3. The van der Waals surface area contributed by atoms with Crippen molar-refractivity contribution in [1.82, 2.24) is 4.98 Å². The zero-order valence-electron chi connectivity index (χ0n) is 41.2. The summed E-state index contributed by atoms with van der Waals surface area (Å²) in [5.41, 5.74) is -25.0. The van der Waals surface area contributed by atoms with E-state index in [0.717, 1.165) is 12.5 Å². The fourth-order valence-electron chi connectivity index (χ4n) is 9.98. The minimum absolute atomic E-state index is 0.691. The molecule has 0 atom stereocenters. The molecule has 1 aromatic heterocycles. The van der Waals surface area contributed by atoms with Crippen LogP contribution in [-0.2, 0) is 56.0 Å². The Morgan fingerprint density at radius 3 is 0.976 bits per heavy atom. The maximum absolute atomic E-state index is 14.2. The number of halogens is 24. The summed E-state index contributed by atoms with van der Waals surface area (Å²) in [6.07, 6.45) is -42.0. The molecule has 0 unspecified atom stereocenters. The Morgan fingerprint density at radius 1 is 0.378 bits per heavy atom. The molecular formula is C55H37BF24N2. The molecule has 6 aromatic carbocycles. The van der Waals surface area contributed by atoms with Crippen molar-refractivity contribution in [2.45, 2.75) is 94.0 Å². The number of hydrogen-bond donors (Lipinski definition) is 0. The van der Waals surface area contributed by atoms with Gasteiger partial charge in [0.2, 0.25) is 5.69 Å². The normalized spacial score (nSPS) is 14.6. The third kappa shape index (κ3) is 14.3. The average Bonchev–Trinajstić information content (AvgIpc) is 1.43. The summed E-state index contributed by atoms with van der Waals surface area (Å²) < 4.78 is 343.